The second-order valence-corrected chi connectivity index (χ2v) is 10.5. The SMILES string of the molecule is CN(C)S(=O)(=O)/C=C1\C=CC=C(Nc2nc(Nc3cccc(S(N)(=O)=O)c3)ncc2F)C1. The van der Waals surface area contributed by atoms with E-state index >= 15 is 0 Å². The summed E-state index contributed by atoms with van der Waals surface area (Å²) in [6.45, 7) is 0. The molecule has 0 saturated carbocycles. The highest BCUT2D eigenvalue weighted by molar-refractivity contribution is 7.92. The van der Waals surface area contributed by atoms with E-state index in [4.69, 9.17) is 5.14 Å². The molecule has 1 aliphatic carbocycles. The Kier molecular flexibility index (Phi) is 6.74. The number of nitrogens with zero attached hydrogens (tertiary/aromatic N) is 3. The first-order valence-electron chi connectivity index (χ1n) is 9.14. The van der Waals surface area contributed by atoms with Crippen LogP contribution in [0, 0.1) is 5.82 Å². The van der Waals surface area contributed by atoms with Crippen molar-refractivity contribution >= 4 is 37.5 Å². The molecule has 4 N–H and O–H groups in total. The third-order valence-corrected chi connectivity index (χ3v) is 6.78. The molecule has 1 aromatic heterocycles. The predicted molar refractivity (Wildman–Crippen MR) is 119 cm³/mol. The average molecular weight is 481 g/mol. The molecule has 0 aliphatic heterocycles. The summed E-state index contributed by atoms with van der Waals surface area (Å²) in [7, 11) is -4.59. The van der Waals surface area contributed by atoms with E-state index in [0.29, 0.717) is 17.0 Å². The molecule has 0 radical (unpaired) electrons. The zero-order valence-electron chi connectivity index (χ0n) is 17.1. The Labute approximate surface area is 185 Å². The maximum Gasteiger partial charge on any atom is 0.238 e. The second kappa shape index (κ2) is 9.16. The van der Waals surface area contributed by atoms with Gasteiger partial charge in [0.05, 0.1) is 11.1 Å². The van der Waals surface area contributed by atoms with E-state index in [9.17, 15) is 21.2 Å². The largest absolute Gasteiger partial charge is 0.341 e. The zero-order valence-corrected chi connectivity index (χ0v) is 18.8. The summed E-state index contributed by atoms with van der Waals surface area (Å²) >= 11 is 0. The van der Waals surface area contributed by atoms with E-state index in [2.05, 4.69) is 20.6 Å². The van der Waals surface area contributed by atoms with Gasteiger partial charge in [-0.3, -0.25) is 0 Å². The monoisotopic (exact) mass is 480 g/mol. The molecule has 1 heterocycles. The number of sulfonamides is 2. The first kappa shape index (κ1) is 23.5. The van der Waals surface area contributed by atoms with Crippen LogP contribution in [0.2, 0.25) is 0 Å². The van der Waals surface area contributed by atoms with Crippen LogP contribution in [0.15, 0.2) is 70.3 Å². The first-order chi connectivity index (χ1) is 14.9. The van der Waals surface area contributed by atoms with Gasteiger partial charge in [0.1, 0.15) is 0 Å². The molecule has 0 unspecified atom stereocenters. The smallest absolute Gasteiger partial charge is 0.238 e. The molecule has 0 atom stereocenters. The summed E-state index contributed by atoms with van der Waals surface area (Å²) in [5, 5.41) is 11.9. The van der Waals surface area contributed by atoms with Crippen LogP contribution < -0.4 is 15.8 Å². The molecular formula is C19H21FN6O4S2. The fourth-order valence-electron chi connectivity index (χ4n) is 2.64. The van der Waals surface area contributed by atoms with Gasteiger partial charge in [-0.1, -0.05) is 18.2 Å². The van der Waals surface area contributed by atoms with Crippen molar-refractivity contribution < 1.29 is 21.2 Å². The van der Waals surface area contributed by atoms with Crippen LogP contribution in [0.3, 0.4) is 0 Å². The van der Waals surface area contributed by atoms with Crippen LogP contribution in [-0.4, -0.2) is 45.2 Å². The van der Waals surface area contributed by atoms with Crippen LogP contribution in [0.25, 0.3) is 0 Å². The zero-order chi connectivity index (χ0) is 23.5. The van der Waals surface area contributed by atoms with Gasteiger partial charge in [-0.05, 0) is 29.8 Å². The molecule has 3 rings (SSSR count). The third kappa shape index (κ3) is 5.97. The summed E-state index contributed by atoms with van der Waals surface area (Å²) < 4.78 is 62.5. The van der Waals surface area contributed by atoms with Crippen molar-refractivity contribution in [1.29, 1.82) is 0 Å². The summed E-state index contributed by atoms with van der Waals surface area (Å²) in [5.74, 6) is -0.851. The molecule has 0 bridgehead atoms. The number of nitrogens with two attached hydrogens (primary N) is 1. The number of hydrogen-bond donors (Lipinski definition) is 3. The quantitative estimate of drug-likeness (QED) is 0.545. The summed E-state index contributed by atoms with van der Waals surface area (Å²) in [4.78, 5) is 7.83. The molecule has 0 amide bonds. The van der Waals surface area contributed by atoms with Crippen molar-refractivity contribution in [3.63, 3.8) is 0 Å². The van der Waals surface area contributed by atoms with Gasteiger partial charge in [0.2, 0.25) is 26.0 Å². The molecule has 1 aliphatic rings. The highest BCUT2D eigenvalue weighted by Crippen LogP contribution is 2.24. The maximum absolute atomic E-state index is 14.3. The van der Waals surface area contributed by atoms with Crippen molar-refractivity contribution in [1.82, 2.24) is 14.3 Å². The van der Waals surface area contributed by atoms with Gasteiger partial charge in [-0.2, -0.15) is 4.98 Å². The van der Waals surface area contributed by atoms with Crippen LogP contribution >= 0.6 is 0 Å². The van der Waals surface area contributed by atoms with Gasteiger partial charge in [-0.15, -0.1) is 0 Å². The molecule has 32 heavy (non-hydrogen) atoms. The molecule has 13 heteroatoms. The van der Waals surface area contributed by atoms with Gasteiger partial charge >= 0.3 is 0 Å². The molecule has 10 nitrogen and oxygen atoms in total. The van der Waals surface area contributed by atoms with Crippen molar-refractivity contribution in [3.8, 4) is 0 Å². The Bertz CT molecular complexity index is 1340. The standard InChI is InChI=1S/C19H21FN6O4S2/c1-26(2)31(27,28)12-13-5-3-6-14(9-13)23-18-17(20)11-22-19(25-18)24-15-7-4-8-16(10-15)32(21,29)30/h3-8,10-12H,9H2,1-2H3,(H2,21,29,30)(H2,22,23,24,25)/b13-12+. The van der Waals surface area contributed by atoms with Crippen molar-refractivity contribution in [2.75, 3.05) is 24.7 Å². The number of halogens is 1. The number of rotatable bonds is 7. The fourth-order valence-corrected chi connectivity index (χ4v) is 3.95. The van der Waals surface area contributed by atoms with E-state index in [1.54, 1.807) is 24.3 Å². The molecule has 0 spiro atoms. The lowest BCUT2D eigenvalue weighted by Gasteiger charge is -2.16. The van der Waals surface area contributed by atoms with Gasteiger partial charge in [0.15, 0.2) is 11.6 Å². The van der Waals surface area contributed by atoms with E-state index in [-0.39, 0.29) is 23.1 Å². The van der Waals surface area contributed by atoms with E-state index in [1.807, 2.05) is 0 Å². The molecule has 170 valence electrons. The molecule has 1 aromatic carbocycles. The Morgan fingerprint density at radius 3 is 2.62 bits per heavy atom. The highest BCUT2D eigenvalue weighted by atomic mass is 32.2. The van der Waals surface area contributed by atoms with Crippen LogP contribution in [-0.2, 0) is 20.0 Å². The normalized spacial score (nSPS) is 15.7. The number of primary sulfonamides is 1. The van der Waals surface area contributed by atoms with E-state index in [1.165, 1.54) is 32.3 Å². The van der Waals surface area contributed by atoms with Crippen molar-refractivity contribution in [2.24, 2.45) is 5.14 Å². The van der Waals surface area contributed by atoms with Crippen LogP contribution in [0.1, 0.15) is 6.42 Å². The van der Waals surface area contributed by atoms with Gasteiger partial charge < -0.3 is 10.6 Å². The molecule has 2 aromatic rings. The lowest BCUT2D eigenvalue weighted by Crippen LogP contribution is -2.20. The molecule has 0 fully saturated rings. The minimum Gasteiger partial charge on any atom is -0.341 e. The Hall–Kier alpha value is -3.13. The van der Waals surface area contributed by atoms with E-state index < -0.39 is 25.9 Å². The number of hydrogen-bond acceptors (Lipinski definition) is 8. The lowest BCUT2D eigenvalue weighted by molar-refractivity contribution is 0.530. The number of nitrogens with one attached hydrogen (secondary N) is 2. The Balaban J connectivity index is 1.79. The Morgan fingerprint density at radius 1 is 1.19 bits per heavy atom. The lowest BCUT2D eigenvalue weighted by atomic mass is 10.1. The van der Waals surface area contributed by atoms with Crippen molar-refractivity contribution in [2.45, 2.75) is 11.3 Å². The fraction of sp³-hybridized carbons (Fsp3) is 0.158. The number of anilines is 3. The number of allylic oxidation sites excluding steroid dienone is 4. The predicted octanol–water partition coefficient (Wildman–Crippen LogP) is 2.04. The number of aromatic nitrogens is 2. The molecular weight excluding hydrogens is 459 g/mol. The van der Waals surface area contributed by atoms with Crippen LogP contribution in [0.5, 0.6) is 0 Å². The Morgan fingerprint density at radius 2 is 1.94 bits per heavy atom. The maximum atomic E-state index is 14.3. The molecule has 0 saturated heterocycles. The van der Waals surface area contributed by atoms with Gasteiger partial charge in [0, 0.05) is 37.3 Å². The van der Waals surface area contributed by atoms with E-state index in [0.717, 1.165) is 15.9 Å². The minimum absolute atomic E-state index is 0.0124. The highest BCUT2D eigenvalue weighted by Gasteiger charge is 2.15. The van der Waals surface area contributed by atoms with Crippen LogP contribution in [0.4, 0.5) is 21.8 Å². The minimum atomic E-state index is -3.89. The summed E-state index contributed by atoms with van der Waals surface area (Å²) in [6, 6.07) is 5.69. The topological polar surface area (TPSA) is 147 Å². The average Bonchev–Trinajstić information content (AvgIpc) is 2.70. The third-order valence-electron chi connectivity index (χ3n) is 4.25. The van der Waals surface area contributed by atoms with Gasteiger partial charge in [-0.25, -0.2) is 35.7 Å². The summed E-state index contributed by atoms with van der Waals surface area (Å²) in [5.41, 5.74) is 1.37. The number of benzene rings is 1. The summed E-state index contributed by atoms with van der Waals surface area (Å²) in [6.07, 6.45) is 6.12. The second-order valence-electron chi connectivity index (χ2n) is 6.96. The van der Waals surface area contributed by atoms with Crippen molar-refractivity contribution in [3.05, 3.63) is 71.2 Å². The van der Waals surface area contributed by atoms with Gasteiger partial charge in [0.25, 0.3) is 0 Å². The first-order valence-corrected chi connectivity index (χ1v) is 12.2.